The van der Waals surface area contributed by atoms with Crippen LogP contribution in [0.4, 0.5) is 4.39 Å². The van der Waals surface area contributed by atoms with Crippen LogP contribution in [-0.4, -0.2) is 41.9 Å². The summed E-state index contributed by atoms with van der Waals surface area (Å²) in [6.45, 7) is 0. The Bertz CT molecular complexity index is 192. The molecular weight excluding hydrogens is 225 g/mol. The van der Waals surface area contributed by atoms with Gasteiger partial charge in [-0.2, -0.15) is 4.39 Å². The van der Waals surface area contributed by atoms with Crippen LogP contribution in [-0.2, 0) is 4.57 Å². The molecule has 0 aliphatic rings. The van der Waals surface area contributed by atoms with E-state index < -0.39 is 11.8 Å². The Hall–Kier alpha value is 0.660. The first-order valence-electron chi connectivity index (χ1n) is 3.16. The molecule has 0 aliphatic heterocycles. The summed E-state index contributed by atoms with van der Waals surface area (Å²) in [6, 6.07) is 0. The molecule has 0 aromatic heterocycles. The van der Waals surface area contributed by atoms with Crippen molar-refractivity contribution in [3.63, 3.8) is 0 Å². The van der Waals surface area contributed by atoms with Gasteiger partial charge in [-0.3, -0.25) is 4.57 Å². The van der Waals surface area contributed by atoms with Crippen LogP contribution in [0, 0.1) is 0 Å². The summed E-state index contributed by atoms with van der Waals surface area (Å²) in [7, 11) is 2.32. The minimum Gasteiger partial charge on any atom is -0.283 e. The molecule has 12 heavy (non-hydrogen) atoms. The number of halogens is 3. The SMILES string of the molecule is CN(C)P(=O)(N(C)C)C(F)(Cl)Cl. The molecular formula is C5H12Cl2FN2OP. The van der Waals surface area contributed by atoms with Crippen molar-refractivity contribution in [1.82, 2.24) is 9.34 Å². The summed E-state index contributed by atoms with van der Waals surface area (Å²) in [4.78, 5) is 0. The van der Waals surface area contributed by atoms with Gasteiger partial charge >= 0.3 is 4.33 Å². The van der Waals surface area contributed by atoms with Gasteiger partial charge < -0.3 is 0 Å². The molecule has 0 spiro atoms. The zero-order chi connectivity index (χ0) is 10.2. The van der Waals surface area contributed by atoms with Crippen molar-refractivity contribution in [2.45, 2.75) is 4.33 Å². The van der Waals surface area contributed by atoms with Crippen LogP contribution in [0.1, 0.15) is 0 Å². The normalized spacial score (nSPS) is 14.4. The fourth-order valence-corrected chi connectivity index (χ4v) is 4.25. The second-order valence-electron chi connectivity index (χ2n) is 2.71. The molecule has 0 N–H and O–H groups in total. The third kappa shape index (κ3) is 2.12. The van der Waals surface area contributed by atoms with Gasteiger partial charge in [0.15, 0.2) is 0 Å². The molecule has 3 nitrogen and oxygen atoms in total. The highest BCUT2D eigenvalue weighted by Crippen LogP contribution is 2.65. The third-order valence-corrected chi connectivity index (χ3v) is 5.57. The Labute approximate surface area is 81.9 Å². The first-order chi connectivity index (χ1) is 5.14. The Morgan fingerprint density at radius 1 is 1.17 bits per heavy atom. The van der Waals surface area contributed by atoms with Crippen molar-refractivity contribution in [1.29, 1.82) is 0 Å². The van der Waals surface area contributed by atoms with Crippen molar-refractivity contribution in [2.24, 2.45) is 0 Å². The van der Waals surface area contributed by atoms with E-state index in [4.69, 9.17) is 23.2 Å². The van der Waals surface area contributed by atoms with Crippen LogP contribution in [0.15, 0.2) is 0 Å². The average molecular weight is 237 g/mol. The van der Waals surface area contributed by atoms with Gasteiger partial charge in [0, 0.05) is 0 Å². The zero-order valence-corrected chi connectivity index (χ0v) is 9.79. The quantitative estimate of drug-likeness (QED) is 0.556. The van der Waals surface area contributed by atoms with Crippen molar-refractivity contribution in [2.75, 3.05) is 28.2 Å². The van der Waals surface area contributed by atoms with Crippen LogP contribution in [0.5, 0.6) is 0 Å². The summed E-state index contributed by atoms with van der Waals surface area (Å²) in [6.07, 6.45) is 0. The van der Waals surface area contributed by atoms with Crippen LogP contribution in [0.2, 0.25) is 0 Å². The molecule has 0 rings (SSSR count). The van der Waals surface area contributed by atoms with E-state index in [-0.39, 0.29) is 0 Å². The molecule has 0 radical (unpaired) electrons. The summed E-state index contributed by atoms with van der Waals surface area (Å²) < 4.78 is 24.6. The molecule has 0 aromatic rings. The first kappa shape index (κ1) is 12.7. The lowest BCUT2D eigenvalue weighted by atomic mass is 11.3. The van der Waals surface area contributed by atoms with Crippen molar-refractivity contribution in [3.8, 4) is 0 Å². The third-order valence-electron chi connectivity index (χ3n) is 1.41. The molecule has 0 heterocycles. The smallest absolute Gasteiger partial charge is 0.283 e. The Morgan fingerprint density at radius 3 is 1.42 bits per heavy atom. The molecule has 0 atom stereocenters. The molecule has 0 aromatic carbocycles. The van der Waals surface area contributed by atoms with Gasteiger partial charge in [-0.05, 0) is 28.2 Å². The maximum atomic E-state index is 13.1. The highest BCUT2D eigenvalue weighted by atomic mass is 35.5. The van der Waals surface area contributed by atoms with Gasteiger partial charge in [-0.25, -0.2) is 9.34 Å². The molecule has 0 saturated carbocycles. The average Bonchev–Trinajstić information content (AvgIpc) is 1.82. The lowest BCUT2D eigenvalue weighted by molar-refractivity contribution is 0.382. The lowest BCUT2D eigenvalue weighted by Gasteiger charge is -2.33. The molecule has 0 aliphatic carbocycles. The fraction of sp³-hybridized carbons (Fsp3) is 1.00. The zero-order valence-electron chi connectivity index (χ0n) is 7.38. The monoisotopic (exact) mass is 236 g/mol. The minimum atomic E-state index is -3.52. The summed E-state index contributed by atoms with van der Waals surface area (Å²) in [5.74, 6) is 0. The molecule has 0 fully saturated rings. The van der Waals surface area contributed by atoms with E-state index in [1.54, 1.807) is 0 Å². The van der Waals surface area contributed by atoms with Gasteiger partial charge in [0.1, 0.15) is 0 Å². The van der Waals surface area contributed by atoms with Crippen LogP contribution >= 0.6 is 30.6 Å². The standard InChI is InChI=1S/C5H12Cl2FN2OP/c1-9(2)12(11,10(3)4)5(6,7)8/h1-4H3. The van der Waals surface area contributed by atoms with Gasteiger partial charge in [-0.15, -0.1) is 0 Å². The fourth-order valence-electron chi connectivity index (χ4n) is 0.811. The summed E-state index contributed by atoms with van der Waals surface area (Å²) >= 11 is 10.4. The number of alkyl halides is 3. The van der Waals surface area contributed by atoms with E-state index in [0.29, 0.717) is 0 Å². The highest BCUT2D eigenvalue weighted by Gasteiger charge is 2.50. The summed E-state index contributed by atoms with van der Waals surface area (Å²) in [5.41, 5.74) is 0. The molecule has 74 valence electrons. The predicted octanol–water partition coefficient (Wildman–Crippen LogP) is 2.36. The van der Waals surface area contributed by atoms with E-state index >= 15 is 0 Å². The van der Waals surface area contributed by atoms with Gasteiger partial charge in [0.25, 0.3) is 7.44 Å². The number of hydrogen-bond acceptors (Lipinski definition) is 1. The van der Waals surface area contributed by atoms with Crippen molar-refractivity contribution in [3.05, 3.63) is 0 Å². The molecule has 7 heteroatoms. The number of nitrogens with zero attached hydrogens (tertiary/aromatic N) is 2. The van der Waals surface area contributed by atoms with Crippen LogP contribution < -0.4 is 0 Å². The van der Waals surface area contributed by atoms with Crippen LogP contribution in [0.25, 0.3) is 0 Å². The Morgan fingerprint density at radius 2 is 1.42 bits per heavy atom. The molecule has 0 unspecified atom stereocenters. The number of rotatable bonds is 3. The van der Waals surface area contributed by atoms with Crippen LogP contribution in [0.3, 0.4) is 0 Å². The van der Waals surface area contributed by atoms with E-state index in [1.165, 1.54) is 37.5 Å². The second-order valence-corrected chi connectivity index (χ2v) is 7.77. The molecule has 0 amide bonds. The summed E-state index contributed by atoms with van der Waals surface area (Å²) in [5, 5.41) is 0. The number of hydrogen-bond donors (Lipinski definition) is 0. The van der Waals surface area contributed by atoms with Crippen molar-refractivity contribution < 1.29 is 8.96 Å². The second kappa shape index (κ2) is 3.81. The van der Waals surface area contributed by atoms with E-state index in [9.17, 15) is 8.96 Å². The topological polar surface area (TPSA) is 23.6 Å². The van der Waals surface area contributed by atoms with E-state index in [1.807, 2.05) is 0 Å². The Kier molecular flexibility index (Phi) is 4.01. The maximum absolute atomic E-state index is 13.1. The lowest BCUT2D eigenvalue weighted by Crippen LogP contribution is -2.29. The van der Waals surface area contributed by atoms with Gasteiger partial charge in [-0.1, -0.05) is 23.2 Å². The maximum Gasteiger partial charge on any atom is 0.336 e. The minimum absolute atomic E-state index is 1.19. The largest absolute Gasteiger partial charge is 0.336 e. The molecule has 0 bridgehead atoms. The molecule has 0 saturated heterocycles. The van der Waals surface area contributed by atoms with Crippen molar-refractivity contribution >= 4 is 30.6 Å². The van der Waals surface area contributed by atoms with Gasteiger partial charge in [0.05, 0.1) is 0 Å². The first-order valence-corrected chi connectivity index (χ1v) is 5.53. The Balaban J connectivity index is 5.04. The highest BCUT2D eigenvalue weighted by molar-refractivity contribution is 7.64. The van der Waals surface area contributed by atoms with Gasteiger partial charge in [0.2, 0.25) is 0 Å². The van der Waals surface area contributed by atoms with E-state index in [0.717, 1.165) is 0 Å². The predicted molar refractivity (Wildman–Crippen MR) is 50.5 cm³/mol. The van der Waals surface area contributed by atoms with E-state index in [2.05, 4.69) is 0 Å².